The Morgan fingerprint density at radius 3 is 2.60 bits per heavy atom. The Hall–Kier alpha value is -2.16. The van der Waals surface area contributed by atoms with Gasteiger partial charge in [-0.2, -0.15) is 0 Å². The summed E-state index contributed by atoms with van der Waals surface area (Å²) in [5.74, 6) is 0.442. The van der Waals surface area contributed by atoms with Crippen LogP contribution in [-0.2, 0) is 0 Å². The van der Waals surface area contributed by atoms with Crippen molar-refractivity contribution in [3.05, 3.63) is 65.0 Å². The van der Waals surface area contributed by atoms with Crippen LogP contribution in [0.4, 0.5) is 0 Å². The van der Waals surface area contributed by atoms with Crippen LogP contribution in [-0.4, -0.2) is 16.9 Å². The molecule has 3 heteroatoms. The molecule has 1 aromatic heterocycles. The molecular weight excluding hydrogens is 248 g/mol. The quantitative estimate of drug-likeness (QED) is 0.928. The van der Waals surface area contributed by atoms with Crippen molar-refractivity contribution in [2.75, 3.05) is 0 Å². The Bertz CT molecular complexity index is 637. The van der Waals surface area contributed by atoms with E-state index in [1.54, 1.807) is 0 Å². The molecule has 0 radical (unpaired) electrons. The van der Waals surface area contributed by atoms with Gasteiger partial charge in [-0.25, -0.2) is 0 Å². The van der Waals surface area contributed by atoms with Crippen molar-refractivity contribution >= 4 is 5.91 Å². The molecule has 1 N–H and O–H groups in total. The van der Waals surface area contributed by atoms with E-state index in [9.17, 15) is 4.79 Å². The van der Waals surface area contributed by atoms with Crippen LogP contribution >= 0.6 is 0 Å². The number of aromatic nitrogens is 1. The molecule has 1 aliphatic rings. The smallest absolute Gasteiger partial charge is 0.253 e. The molecule has 1 aromatic carbocycles. The minimum absolute atomic E-state index is 0.0153. The second kappa shape index (κ2) is 5.08. The third kappa shape index (κ3) is 2.57. The van der Waals surface area contributed by atoms with Crippen LogP contribution in [0.25, 0.3) is 0 Å². The van der Waals surface area contributed by atoms with Crippen molar-refractivity contribution in [2.45, 2.75) is 32.2 Å². The van der Waals surface area contributed by atoms with Crippen LogP contribution in [0.2, 0.25) is 0 Å². The van der Waals surface area contributed by atoms with Crippen LogP contribution in [0, 0.1) is 13.8 Å². The Balaban J connectivity index is 1.66. The molecule has 1 amide bonds. The highest BCUT2D eigenvalue weighted by atomic mass is 16.1. The fourth-order valence-electron chi connectivity index (χ4n) is 2.60. The van der Waals surface area contributed by atoms with E-state index < -0.39 is 0 Å². The van der Waals surface area contributed by atoms with E-state index in [0.717, 1.165) is 17.8 Å². The molecule has 3 rings (SSSR count). The predicted molar refractivity (Wildman–Crippen MR) is 78.8 cm³/mol. The molecule has 1 aliphatic carbocycles. The van der Waals surface area contributed by atoms with Crippen molar-refractivity contribution in [2.24, 2.45) is 0 Å². The van der Waals surface area contributed by atoms with Gasteiger partial charge >= 0.3 is 0 Å². The standard InChI is InChI=1S/C17H18N2O/c1-11-8-9-14(12(2)18-11)17(20)19-16-10-15(16)13-6-4-3-5-7-13/h3-9,15-16H,10H2,1-2H3,(H,19,20). The SMILES string of the molecule is Cc1ccc(C(=O)NC2CC2c2ccccc2)c(C)n1. The first-order chi connectivity index (χ1) is 9.65. The van der Waals surface area contributed by atoms with E-state index in [0.29, 0.717) is 11.5 Å². The molecule has 1 saturated carbocycles. The van der Waals surface area contributed by atoms with Crippen LogP contribution in [0.3, 0.4) is 0 Å². The zero-order valence-corrected chi connectivity index (χ0v) is 11.8. The van der Waals surface area contributed by atoms with E-state index in [-0.39, 0.29) is 11.9 Å². The summed E-state index contributed by atoms with van der Waals surface area (Å²) in [6, 6.07) is 14.3. The van der Waals surface area contributed by atoms with Crippen LogP contribution in [0.1, 0.15) is 39.6 Å². The normalized spacial score (nSPS) is 20.5. The molecule has 0 saturated heterocycles. The highest BCUT2D eigenvalue weighted by Gasteiger charge is 2.39. The first-order valence-electron chi connectivity index (χ1n) is 6.95. The molecule has 2 atom stereocenters. The minimum Gasteiger partial charge on any atom is -0.349 e. The zero-order valence-electron chi connectivity index (χ0n) is 11.8. The van der Waals surface area contributed by atoms with E-state index in [1.165, 1.54) is 5.56 Å². The second-order valence-electron chi connectivity index (χ2n) is 5.42. The maximum atomic E-state index is 12.3. The molecule has 2 aromatic rings. The summed E-state index contributed by atoms with van der Waals surface area (Å²) in [5.41, 5.74) is 3.71. The first kappa shape index (κ1) is 12.9. The van der Waals surface area contributed by atoms with Crippen molar-refractivity contribution in [3.8, 4) is 0 Å². The van der Waals surface area contributed by atoms with Gasteiger partial charge in [0.1, 0.15) is 0 Å². The number of pyridine rings is 1. The summed E-state index contributed by atoms with van der Waals surface area (Å²) in [6.07, 6.45) is 1.02. The molecule has 102 valence electrons. The van der Waals surface area contributed by atoms with Gasteiger partial charge in [0.2, 0.25) is 0 Å². The van der Waals surface area contributed by atoms with Crippen molar-refractivity contribution in [1.82, 2.24) is 10.3 Å². The van der Waals surface area contributed by atoms with Gasteiger partial charge in [0.05, 0.1) is 11.3 Å². The first-order valence-corrected chi connectivity index (χ1v) is 6.95. The fraction of sp³-hybridized carbons (Fsp3) is 0.294. The number of nitrogens with zero attached hydrogens (tertiary/aromatic N) is 1. The van der Waals surface area contributed by atoms with Gasteiger partial charge < -0.3 is 5.32 Å². The molecule has 1 fully saturated rings. The molecule has 3 nitrogen and oxygen atoms in total. The Labute approximate surface area is 119 Å². The highest BCUT2D eigenvalue weighted by Crippen LogP contribution is 2.40. The van der Waals surface area contributed by atoms with Gasteiger partial charge in [-0.3, -0.25) is 9.78 Å². The Morgan fingerprint density at radius 2 is 1.90 bits per heavy atom. The molecule has 0 spiro atoms. The Morgan fingerprint density at radius 1 is 1.15 bits per heavy atom. The predicted octanol–water partition coefficient (Wildman–Crippen LogP) is 2.98. The summed E-state index contributed by atoms with van der Waals surface area (Å²) in [5, 5.41) is 3.10. The zero-order chi connectivity index (χ0) is 14.1. The van der Waals surface area contributed by atoms with E-state index in [4.69, 9.17) is 0 Å². The summed E-state index contributed by atoms with van der Waals surface area (Å²) in [6.45, 7) is 3.81. The second-order valence-corrected chi connectivity index (χ2v) is 5.42. The summed E-state index contributed by atoms with van der Waals surface area (Å²) in [7, 11) is 0. The van der Waals surface area contributed by atoms with E-state index in [1.807, 2.05) is 44.2 Å². The summed E-state index contributed by atoms with van der Waals surface area (Å²) in [4.78, 5) is 16.6. The lowest BCUT2D eigenvalue weighted by molar-refractivity contribution is 0.0949. The lowest BCUT2D eigenvalue weighted by Crippen LogP contribution is -2.27. The van der Waals surface area contributed by atoms with Gasteiger partial charge in [-0.05, 0) is 38.0 Å². The average Bonchev–Trinajstić information content (AvgIpc) is 3.18. The van der Waals surface area contributed by atoms with E-state index in [2.05, 4.69) is 22.4 Å². The third-order valence-corrected chi connectivity index (χ3v) is 3.80. The van der Waals surface area contributed by atoms with E-state index >= 15 is 0 Å². The number of aryl methyl sites for hydroxylation is 2. The largest absolute Gasteiger partial charge is 0.349 e. The van der Waals surface area contributed by atoms with Crippen molar-refractivity contribution in [3.63, 3.8) is 0 Å². The number of nitrogens with one attached hydrogen (secondary N) is 1. The summed E-state index contributed by atoms with van der Waals surface area (Å²) < 4.78 is 0. The maximum Gasteiger partial charge on any atom is 0.253 e. The number of hydrogen-bond acceptors (Lipinski definition) is 2. The maximum absolute atomic E-state index is 12.3. The fourth-order valence-corrected chi connectivity index (χ4v) is 2.60. The number of carbonyl (C=O) groups excluding carboxylic acids is 1. The van der Waals surface area contributed by atoms with Gasteiger partial charge in [0.15, 0.2) is 0 Å². The highest BCUT2D eigenvalue weighted by molar-refractivity contribution is 5.95. The molecule has 0 bridgehead atoms. The van der Waals surface area contributed by atoms with Crippen molar-refractivity contribution < 1.29 is 4.79 Å². The number of carbonyl (C=O) groups is 1. The van der Waals surface area contributed by atoms with Crippen molar-refractivity contribution in [1.29, 1.82) is 0 Å². The lowest BCUT2D eigenvalue weighted by atomic mass is 10.1. The molecule has 2 unspecified atom stereocenters. The molecule has 0 aliphatic heterocycles. The van der Waals surface area contributed by atoms with Crippen LogP contribution < -0.4 is 5.32 Å². The van der Waals surface area contributed by atoms with Crippen LogP contribution in [0.15, 0.2) is 42.5 Å². The average molecular weight is 266 g/mol. The van der Waals surface area contributed by atoms with Crippen LogP contribution in [0.5, 0.6) is 0 Å². The van der Waals surface area contributed by atoms with Gasteiger partial charge in [0, 0.05) is 17.7 Å². The Kier molecular flexibility index (Phi) is 3.26. The molecule has 20 heavy (non-hydrogen) atoms. The lowest BCUT2D eigenvalue weighted by Gasteiger charge is -2.07. The number of amides is 1. The number of benzene rings is 1. The number of hydrogen-bond donors (Lipinski definition) is 1. The monoisotopic (exact) mass is 266 g/mol. The van der Waals surface area contributed by atoms with Gasteiger partial charge in [-0.15, -0.1) is 0 Å². The number of rotatable bonds is 3. The molecule has 1 heterocycles. The third-order valence-electron chi connectivity index (χ3n) is 3.80. The summed E-state index contributed by atoms with van der Waals surface area (Å²) >= 11 is 0. The molecular formula is C17H18N2O. The van der Waals surface area contributed by atoms with Gasteiger partial charge in [0.25, 0.3) is 5.91 Å². The topological polar surface area (TPSA) is 42.0 Å². The minimum atomic E-state index is -0.0153. The van der Waals surface area contributed by atoms with Gasteiger partial charge in [-0.1, -0.05) is 30.3 Å².